The second kappa shape index (κ2) is 9.29. The summed E-state index contributed by atoms with van der Waals surface area (Å²) >= 11 is 6.29. The molecule has 0 aliphatic rings. The molecule has 0 bridgehead atoms. The van der Waals surface area contributed by atoms with Crippen molar-refractivity contribution in [2.75, 3.05) is 26.1 Å². The van der Waals surface area contributed by atoms with E-state index in [-0.39, 0.29) is 0 Å². The second-order valence-corrected chi connectivity index (χ2v) is 3.68. The summed E-state index contributed by atoms with van der Waals surface area (Å²) in [6, 6.07) is 0. The number of rotatable bonds is 6. The second-order valence-electron chi connectivity index (χ2n) is 2.27. The van der Waals surface area contributed by atoms with Gasteiger partial charge in [-0.05, 0) is 24.9 Å². The van der Waals surface area contributed by atoms with E-state index in [4.69, 9.17) is 21.7 Å². The average molecular weight is 208 g/mol. The molecule has 4 heteroatoms. The summed E-state index contributed by atoms with van der Waals surface area (Å²) in [5.41, 5.74) is 0. The Bertz CT molecular complexity index is 118. The topological polar surface area (TPSA) is 18.5 Å². The molecule has 0 aromatic rings. The number of ether oxygens (including phenoxy) is 2. The molecule has 0 heterocycles. The van der Waals surface area contributed by atoms with Gasteiger partial charge in [-0.25, -0.2) is 0 Å². The molecule has 0 saturated carbocycles. The number of hydrogen-bond acceptors (Lipinski definition) is 4. The predicted molar refractivity (Wildman–Crippen MR) is 57.8 cm³/mol. The Labute approximate surface area is 84.0 Å². The highest BCUT2D eigenvalue weighted by Crippen LogP contribution is 1.98. The van der Waals surface area contributed by atoms with Gasteiger partial charge in [0.2, 0.25) is 4.38 Å². The van der Waals surface area contributed by atoms with E-state index in [1.54, 1.807) is 0 Å². The van der Waals surface area contributed by atoms with Crippen LogP contribution in [-0.4, -0.2) is 30.5 Å². The third-order valence-corrected chi connectivity index (χ3v) is 2.33. The van der Waals surface area contributed by atoms with Gasteiger partial charge in [0.1, 0.15) is 6.61 Å². The zero-order valence-corrected chi connectivity index (χ0v) is 9.30. The maximum atomic E-state index is 5.28. The molecule has 0 aromatic heterocycles. The van der Waals surface area contributed by atoms with Crippen molar-refractivity contribution in [3.63, 3.8) is 0 Å². The van der Waals surface area contributed by atoms with E-state index < -0.39 is 0 Å². The third-order valence-electron chi connectivity index (χ3n) is 1.26. The van der Waals surface area contributed by atoms with Crippen LogP contribution in [-0.2, 0) is 9.47 Å². The van der Waals surface area contributed by atoms with E-state index in [0.717, 1.165) is 13.0 Å². The summed E-state index contributed by atoms with van der Waals surface area (Å²) < 4.78 is 11.0. The summed E-state index contributed by atoms with van der Waals surface area (Å²) in [4.78, 5) is 0. The van der Waals surface area contributed by atoms with Crippen molar-refractivity contribution in [2.24, 2.45) is 0 Å². The predicted octanol–water partition coefficient (Wildman–Crippen LogP) is 2.47. The Morgan fingerprint density at radius 1 is 1.33 bits per heavy atom. The summed E-state index contributed by atoms with van der Waals surface area (Å²) in [7, 11) is 0. The lowest BCUT2D eigenvalue weighted by Gasteiger charge is -2.05. The zero-order valence-electron chi connectivity index (χ0n) is 7.67. The van der Waals surface area contributed by atoms with Crippen LogP contribution in [0.4, 0.5) is 0 Å². The lowest BCUT2D eigenvalue weighted by atomic mass is 10.4. The first-order chi connectivity index (χ1) is 5.81. The Kier molecular flexibility index (Phi) is 9.44. The molecule has 0 atom stereocenters. The number of thiocarbonyl (C=S) groups is 1. The minimum Gasteiger partial charge on any atom is -0.476 e. The molecule has 0 radical (unpaired) electrons. The molecule has 72 valence electrons. The molecule has 0 saturated heterocycles. The van der Waals surface area contributed by atoms with Crippen LogP contribution >= 0.6 is 24.0 Å². The number of thioether (sulfide) groups is 1. The molecule has 0 amide bonds. The van der Waals surface area contributed by atoms with E-state index >= 15 is 0 Å². The van der Waals surface area contributed by atoms with E-state index in [9.17, 15) is 0 Å². The minimum atomic E-state index is 0.573. The quantitative estimate of drug-likeness (QED) is 0.493. The largest absolute Gasteiger partial charge is 0.476 e. The monoisotopic (exact) mass is 208 g/mol. The first kappa shape index (κ1) is 12.2. The fourth-order valence-corrected chi connectivity index (χ4v) is 0.876. The van der Waals surface area contributed by atoms with Gasteiger partial charge < -0.3 is 9.47 Å². The third kappa shape index (κ3) is 8.30. The summed E-state index contributed by atoms with van der Waals surface area (Å²) in [5, 5.41) is 0. The van der Waals surface area contributed by atoms with Crippen molar-refractivity contribution in [1.82, 2.24) is 0 Å². The Morgan fingerprint density at radius 3 is 2.67 bits per heavy atom. The molecule has 0 N–H and O–H groups in total. The lowest BCUT2D eigenvalue weighted by molar-refractivity contribution is 0.0971. The molecule has 0 unspecified atom stereocenters. The average Bonchev–Trinajstić information content (AvgIpc) is 2.10. The Morgan fingerprint density at radius 2 is 2.08 bits per heavy atom. The maximum Gasteiger partial charge on any atom is 0.219 e. The Balaban J connectivity index is 2.95. The summed E-state index contributed by atoms with van der Waals surface area (Å²) in [5.74, 6) is 0. The van der Waals surface area contributed by atoms with Crippen LogP contribution in [0.15, 0.2) is 0 Å². The van der Waals surface area contributed by atoms with Crippen LogP contribution < -0.4 is 0 Å². The van der Waals surface area contributed by atoms with Gasteiger partial charge in [-0.15, -0.1) is 0 Å². The summed E-state index contributed by atoms with van der Waals surface area (Å²) in [6.45, 7) is 4.18. The van der Waals surface area contributed by atoms with Gasteiger partial charge in [0, 0.05) is 6.61 Å². The fraction of sp³-hybridized carbons (Fsp3) is 0.875. The van der Waals surface area contributed by atoms with Crippen LogP contribution in [0, 0.1) is 0 Å². The van der Waals surface area contributed by atoms with Crippen molar-refractivity contribution in [3.05, 3.63) is 0 Å². The fourth-order valence-electron chi connectivity index (χ4n) is 0.591. The van der Waals surface area contributed by atoms with Gasteiger partial charge in [0.05, 0.1) is 6.61 Å². The van der Waals surface area contributed by atoms with E-state index in [1.807, 2.05) is 6.26 Å². The highest BCUT2D eigenvalue weighted by atomic mass is 32.2. The van der Waals surface area contributed by atoms with E-state index in [0.29, 0.717) is 17.6 Å². The molecule has 0 aliphatic carbocycles. The number of hydrogen-bond donors (Lipinski definition) is 0. The highest BCUT2D eigenvalue weighted by Gasteiger charge is 1.93. The smallest absolute Gasteiger partial charge is 0.219 e. The van der Waals surface area contributed by atoms with Crippen LogP contribution in [0.2, 0.25) is 0 Å². The summed E-state index contributed by atoms with van der Waals surface area (Å²) in [6.07, 6.45) is 4.19. The van der Waals surface area contributed by atoms with Crippen LogP contribution in [0.3, 0.4) is 0 Å². The normalized spacial score (nSPS) is 9.83. The van der Waals surface area contributed by atoms with Crippen LogP contribution in [0.1, 0.15) is 19.8 Å². The molecule has 0 aliphatic heterocycles. The molecular weight excluding hydrogens is 192 g/mol. The molecule has 0 fully saturated rings. The highest BCUT2D eigenvalue weighted by molar-refractivity contribution is 8.22. The van der Waals surface area contributed by atoms with Crippen molar-refractivity contribution in [3.8, 4) is 0 Å². The first-order valence-electron chi connectivity index (χ1n) is 4.09. The van der Waals surface area contributed by atoms with Crippen molar-refractivity contribution in [2.45, 2.75) is 19.8 Å². The van der Waals surface area contributed by atoms with Gasteiger partial charge in [-0.1, -0.05) is 25.1 Å². The van der Waals surface area contributed by atoms with Gasteiger partial charge in [0.25, 0.3) is 0 Å². The lowest BCUT2D eigenvalue weighted by Crippen LogP contribution is -2.06. The maximum absolute atomic E-state index is 5.28. The molecule has 2 nitrogen and oxygen atoms in total. The van der Waals surface area contributed by atoms with Crippen LogP contribution in [0.5, 0.6) is 0 Å². The minimum absolute atomic E-state index is 0.573. The molecular formula is C8H16O2S2. The van der Waals surface area contributed by atoms with Gasteiger partial charge >= 0.3 is 0 Å². The molecule has 0 spiro atoms. The SMILES string of the molecule is CCCCOCCOC(=S)SC. The van der Waals surface area contributed by atoms with Crippen molar-refractivity contribution >= 4 is 28.4 Å². The molecule has 0 aromatic carbocycles. The van der Waals surface area contributed by atoms with Crippen molar-refractivity contribution in [1.29, 1.82) is 0 Å². The van der Waals surface area contributed by atoms with E-state index in [2.05, 4.69) is 6.92 Å². The molecule has 0 rings (SSSR count). The van der Waals surface area contributed by atoms with Crippen molar-refractivity contribution < 1.29 is 9.47 Å². The van der Waals surface area contributed by atoms with Crippen LogP contribution in [0.25, 0.3) is 0 Å². The first-order valence-corrected chi connectivity index (χ1v) is 5.73. The Hall–Kier alpha value is 0.200. The van der Waals surface area contributed by atoms with Gasteiger partial charge in [-0.2, -0.15) is 0 Å². The van der Waals surface area contributed by atoms with Gasteiger partial charge in [0.15, 0.2) is 0 Å². The van der Waals surface area contributed by atoms with Gasteiger partial charge in [-0.3, -0.25) is 0 Å². The zero-order chi connectivity index (χ0) is 9.23. The molecule has 12 heavy (non-hydrogen) atoms. The van der Waals surface area contributed by atoms with E-state index in [1.165, 1.54) is 18.2 Å². The standard InChI is InChI=1S/C8H16O2S2/c1-3-4-5-9-6-7-10-8(11)12-2/h3-7H2,1-2H3. The number of unbranched alkanes of at least 4 members (excludes halogenated alkanes) is 1.